The van der Waals surface area contributed by atoms with Crippen molar-refractivity contribution in [3.63, 3.8) is 0 Å². The monoisotopic (exact) mass is 390 g/mol. The van der Waals surface area contributed by atoms with Crippen LogP contribution in [0.25, 0.3) is 10.9 Å². The van der Waals surface area contributed by atoms with Crippen LogP contribution >= 0.6 is 0 Å². The molecule has 0 bridgehead atoms. The molecule has 8 heteroatoms. The number of ether oxygens (including phenoxy) is 1. The molecule has 0 unspecified atom stereocenters. The second kappa shape index (κ2) is 7.67. The largest absolute Gasteiger partial charge is 0.465 e. The fraction of sp³-hybridized carbons (Fsp3) is 0.190. The van der Waals surface area contributed by atoms with Crippen LogP contribution in [0.2, 0.25) is 0 Å². The normalized spacial score (nSPS) is 12.9. The summed E-state index contributed by atoms with van der Waals surface area (Å²) in [5.74, 6) is -0.0674. The standard InChI is InChI=1S/C21H18N4O4/c1-29-21(28)14-6-4-13(5-7-14)12-22-24-19(26)15-8-9-16-17(11-15)23-18-3-2-10-25(18)20(16)27/h4-9,11-12H,2-3,10H2,1H3,(H,24,26)/b22-12-. The quantitative estimate of drug-likeness (QED) is 0.416. The lowest BCUT2D eigenvalue weighted by molar-refractivity contribution is 0.0600. The highest BCUT2D eigenvalue weighted by Gasteiger charge is 2.17. The Morgan fingerprint density at radius 1 is 1.17 bits per heavy atom. The Bertz CT molecular complexity index is 1200. The van der Waals surface area contributed by atoms with Crippen LogP contribution in [0.4, 0.5) is 0 Å². The lowest BCUT2D eigenvalue weighted by atomic mass is 10.1. The number of aryl methyl sites for hydroxylation is 1. The zero-order chi connectivity index (χ0) is 20.4. The van der Waals surface area contributed by atoms with Crippen LogP contribution in [0, 0.1) is 0 Å². The lowest BCUT2D eigenvalue weighted by Gasteiger charge is -2.06. The van der Waals surface area contributed by atoms with Crippen molar-refractivity contribution in [2.45, 2.75) is 19.4 Å². The summed E-state index contributed by atoms with van der Waals surface area (Å²) in [6, 6.07) is 11.4. The molecule has 0 fully saturated rings. The molecule has 4 rings (SSSR count). The van der Waals surface area contributed by atoms with E-state index in [1.54, 1.807) is 47.0 Å². The molecule has 0 atom stereocenters. The molecule has 0 saturated carbocycles. The van der Waals surface area contributed by atoms with Crippen molar-refractivity contribution in [1.82, 2.24) is 15.0 Å². The summed E-state index contributed by atoms with van der Waals surface area (Å²) in [5, 5.41) is 4.44. The molecule has 0 spiro atoms. The van der Waals surface area contributed by atoms with Crippen LogP contribution in [0.15, 0.2) is 52.4 Å². The molecular weight excluding hydrogens is 372 g/mol. The fourth-order valence-corrected chi connectivity index (χ4v) is 3.28. The van der Waals surface area contributed by atoms with Crippen molar-refractivity contribution in [3.8, 4) is 0 Å². The van der Waals surface area contributed by atoms with Gasteiger partial charge in [-0.1, -0.05) is 12.1 Å². The molecule has 0 radical (unpaired) electrons. The van der Waals surface area contributed by atoms with Gasteiger partial charge in [-0.25, -0.2) is 15.2 Å². The van der Waals surface area contributed by atoms with Crippen LogP contribution in [0.1, 0.15) is 38.5 Å². The maximum atomic E-state index is 12.5. The molecule has 29 heavy (non-hydrogen) atoms. The summed E-state index contributed by atoms with van der Waals surface area (Å²) in [6.45, 7) is 0.689. The Hall–Kier alpha value is -3.81. The summed E-state index contributed by atoms with van der Waals surface area (Å²) in [7, 11) is 1.32. The molecule has 1 amide bonds. The second-order valence-electron chi connectivity index (χ2n) is 6.63. The summed E-state index contributed by atoms with van der Waals surface area (Å²) in [5.41, 5.74) is 4.41. The minimum Gasteiger partial charge on any atom is -0.465 e. The molecular formula is C21H18N4O4. The van der Waals surface area contributed by atoms with Gasteiger partial charge in [0.15, 0.2) is 0 Å². The minimum absolute atomic E-state index is 0.0668. The van der Waals surface area contributed by atoms with Gasteiger partial charge in [-0.05, 0) is 42.3 Å². The van der Waals surface area contributed by atoms with E-state index in [2.05, 4.69) is 20.2 Å². The molecule has 8 nitrogen and oxygen atoms in total. The molecule has 3 aromatic rings. The molecule has 2 aromatic carbocycles. The van der Waals surface area contributed by atoms with Gasteiger partial charge in [0.25, 0.3) is 11.5 Å². The number of hydrogen-bond acceptors (Lipinski definition) is 6. The highest BCUT2D eigenvalue weighted by atomic mass is 16.5. The number of amides is 1. The highest BCUT2D eigenvalue weighted by Crippen LogP contribution is 2.16. The Balaban J connectivity index is 1.49. The third-order valence-corrected chi connectivity index (χ3v) is 4.79. The van der Waals surface area contributed by atoms with Crippen molar-refractivity contribution in [3.05, 3.63) is 75.3 Å². The topological polar surface area (TPSA) is 103 Å². The van der Waals surface area contributed by atoms with E-state index in [4.69, 9.17) is 0 Å². The van der Waals surface area contributed by atoms with E-state index >= 15 is 0 Å². The molecule has 1 aliphatic rings. The summed E-state index contributed by atoms with van der Waals surface area (Å²) in [6.07, 6.45) is 3.14. The third-order valence-electron chi connectivity index (χ3n) is 4.79. The number of methoxy groups -OCH3 is 1. The number of esters is 1. The van der Waals surface area contributed by atoms with Crippen LogP contribution in [-0.2, 0) is 17.7 Å². The van der Waals surface area contributed by atoms with Gasteiger partial charge in [0.1, 0.15) is 5.82 Å². The number of aromatic nitrogens is 2. The molecule has 1 aromatic heterocycles. The van der Waals surface area contributed by atoms with Crippen molar-refractivity contribution < 1.29 is 14.3 Å². The zero-order valence-electron chi connectivity index (χ0n) is 15.7. The Morgan fingerprint density at radius 3 is 2.69 bits per heavy atom. The molecule has 1 aliphatic heterocycles. The molecule has 0 aliphatic carbocycles. The van der Waals surface area contributed by atoms with Crippen molar-refractivity contribution in [2.75, 3.05) is 7.11 Å². The van der Waals surface area contributed by atoms with Crippen LogP contribution in [-0.4, -0.2) is 34.8 Å². The minimum atomic E-state index is -0.419. The van der Waals surface area contributed by atoms with Crippen LogP contribution in [0.3, 0.4) is 0 Å². The Kier molecular flexibility index (Phi) is 4.90. The van der Waals surface area contributed by atoms with Gasteiger partial charge in [0.2, 0.25) is 0 Å². The van der Waals surface area contributed by atoms with Crippen molar-refractivity contribution in [2.24, 2.45) is 5.10 Å². The maximum Gasteiger partial charge on any atom is 0.337 e. The number of nitrogens with one attached hydrogen (secondary N) is 1. The van der Waals surface area contributed by atoms with E-state index in [1.807, 2.05) is 0 Å². The SMILES string of the molecule is COC(=O)c1ccc(/C=N\NC(=O)c2ccc3c(=O)n4c(nc3c2)CCC4)cc1. The molecule has 0 saturated heterocycles. The number of nitrogens with zero attached hydrogens (tertiary/aromatic N) is 3. The first-order valence-corrected chi connectivity index (χ1v) is 9.12. The Labute approximate surface area is 165 Å². The first kappa shape index (κ1) is 18.5. The number of rotatable bonds is 4. The number of benzene rings is 2. The van der Waals surface area contributed by atoms with Gasteiger partial charge in [0.05, 0.1) is 29.8 Å². The Morgan fingerprint density at radius 2 is 1.93 bits per heavy atom. The number of carbonyl (C=O) groups is 2. The molecule has 2 heterocycles. The summed E-state index contributed by atoms with van der Waals surface area (Å²) in [4.78, 5) is 40.8. The van der Waals surface area contributed by atoms with E-state index in [0.717, 1.165) is 18.7 Å². The fourth-order valence-electron chi connectivity index (χ4n) is 3.28. The highest BCUT2D eigenvalue weighted by molar-refractivity contribution is 5.98. The number of hydrazone groups is 1. The second-order valence-corrected chi connectivity index (χ2v) is 6.63. The molecule has 146 valence electrons. The number of carbonyl (C=O) groups excluding carboxylic acids is 2. The van der Waals surface area contributed by atoms with Gasteiger partial charge >= 0.3 is 5.97 Å². The smallest absolute Gasteiger partial charge is 0.337 e. The van der Waals surface area contributed by atoms with Gasteiger partial charge in [-0.15, -0.1) is 0 Å². The average molecular weight is 390 g/mol. The van der Waals surface area contributed by atoms with E-state index < -0.39 is 11.9 Å². The van der Waals surface area contributed by atoms with Crippen molar-refractivity contribution >= 4 is 29.0 Å². The van der Waals surface area contributed by atoms with Gasteiger partial charge in [-0.3, -0.25) is 14.2 Å². The number of hydrogen-bond donors (Lipinski definition) is 1. The van der Waals surface area contributed by atoms with Crippen LogP contribution in [0.5, 0.6) is 0 Å². The van der Waals surface area contributed by atoms with Gasteiger partial charge in [-0.2, -0.15) is 5.10 Å². The van der Waals surface area contributed by atoms with Crippen molar-refractivity contribution in [1.29, 1.82) is 0 Å². The van der Waals surface area contributed by atoms with E-state index in [9.17, 15) is 14.4 Å². The number of fused-ring (bicyclic) bond motifs is 2. The van der Waals surface area contributed by atoms with E-state index in [1.165, 1.54) is 13.3 Å². The maximum absolute atomic E-state index is 12.5. The summed E-state index contributed by atoms with van der Waals surface area (Å²) < 4.78 is 6.34. The van der Waals surface area contributed by atoms with E-state index in [0.29, 0.717) is 34.1 Å². The third kappa shape index (κ3) is 3.64. The lowest BCUT2D eigenvalue weighted by Crippen LogP contribution is -2.22. The predicted octanol–water partition coefficient (Wildman–Crippen LogP) is 1.89. The summed E-state index contributed by atoms with van der Waals surface area (Å²) >= 11 is 0. The first-order chi connectivity index (χ1) is 14.1. The predicted molar refractivity (Wildman–Crippen MR) is 107 cm³/mol. The van der Waals surface area contributed by atoms with Crippen LogP contribution < -0.4 is 11.0 Å². The van der Waals surface area contributed by atoms with E-state index in [-0.39, 0.29) is 5.56 Å². The first-order valence-electron chi connectivity index (χ1n) is 9.12. The average Bonchev–Trinajstić information content (AvgIpc) is 3.22. The molecule has 1 N–H and O–H groups in total. The van der Waals surface area contributed by atoms with Gasteiger partial charge < -0.3 is 4.74 Å². The van der Waals surface area contributed by atoms with Gasteiger partial charge in [0, 0.05) is 18.5 Å². The zero-order valence-corrected chi connectivity index (χ0v) is 15.7.